The summed E-state index contributed by atoms with van der Waals surface area (Å²) >= 11 is 0. The number of nitrogens with one attached hydrogen (secondary N) is 2. The van der Waals surface area contributed by atoms with Crippen LogP contribution >= 0.6 is 0 Å². The van der Waals surface area contributed by atoms with Gasteiger partial charge < -0.3 is 15.2 Å². The minimum absolute atomic E-state index is 0.116. The molecule has 0 aliphatic rings. The SMILES string of the molecule is CCOC(=O)NC(=O)/C(C=Nc1ccc(NC(C)=O)cc1)=C(\C)O. The summed E-state index contributed by atoms with van der Waals surface area (Å²) in [4.78, 5) is 38.1. The van der Waals surface area contributed by atoms with Gasteiger partial charge in [-0.1, -0.05) is 0 Å². The largest absolute Gasteiger partial charge is 0.512 e. The number of aliphatic hydroxyl groups is 1. The molecule has 8 nitrogen and oxygen atoms in total. The van der Waals surface area contributed by atoms with E-state index in [-0.39, 0.29) is 23.8 Å². The number of nitrogens with zero attached hydrogens (tertiary/aromatic N) is 1. The van der Waals surface area contributed by atoms with E-state index in [9.17, 15) is 19.5 Å². The highest BCUT2D eigenvalue weighted by atomic mass is 16.5. The first-order valence-electron chi connectivity index (χ1n) is 7.13. The van der Waals surface area contributed by atoms with Crippen LogP contribution in [0.2, 0.25) is 0 Å². The Hall–Kier alpha value is -3.16. The Labute approximate surface area is 139 Å². The van der Waals surface area contributed by atoms with Crippen molar-refractivity contribution < 1.29 is 24.2 Å². The predicted molar refractivity (Wildman–Crippen MR) is 89.4 cm³/mol. The first-order chi connectivity index (χ1) is 11.3. The molecule has 0 aromatic heterocycles. The summed E-state index contributed by atoms with van der Waals surface area (Å²) in [5, 5.41) is 14.2. The van der Waals surface area contributed by atoms with Crippen molar-refractivity contribution in [2.24, 2.45) is 4.99 Å². The lowest BCUT2D eigenvalue weighted by Gasteiger charge is -2.05. The number of amides is 3. The van der Waals surface area contributed by atoms with E-state index in [0.29, 0.717) is 11.4 Å². The Morgan fingerprint density at radius 3 is 2.33 bits per heavy atom. The number of allylic oxidation sites excluding steroid dienone is 1. The summed E-state index contributed by atoms with van der Waals surface area (Å²) in [6.45, 7) is 4.41. The number of ether oxygens (including phenoxy) is 1. The van der Waals surface area contributed by atoms with E-state index in [1.165, 1.54) is 13.8 Å². The predicted octanol–water partition coefficient (Wildman–Crippen LogP) is 2.45. The highest BCUT2D eigenvalue weighted by Crippen LogP contribution is 2.16. The number of aliphatic hydroxyl groups excluding tert-OH is 1. The van der Waals surface area contributed by atoms with Crippen molar-refractivity contribution in [1.82, 2.24) is 5.32 Å². The number of carbonyl (C=O) groups is 3. The van der Waals surface area contributed by atoms with Gasteiger partial charge in [-0.15, -0.1) is 0 Å². The lowest BCUT2D eigenvalue weighted by molar-refractivity contribution is -0.116. The van der Waals surface area contributed by atoms with Crippen LogP contribution in [0, 0.1) is 0 Å². The Morgan fingerprint density at radius 2 is 1.83 bits per heavy atom. The quantitative estimate of drug-likeness (QED) is 0.435. The smallest absolute Gasteiger partial charge is 0.414 e. The third-order valence-corrected chi connectivity index (χ3v) is 2.66. The molecule has 0 saturated heterocycles. The lowest BCUT2D eigenvalue weighted by Crippen LogP contribution is -2.33. The van der Waals surface area contributed by atoms with Crippen LogP contribution in [0.3, 0.4) is 0 Å². The highest BCUT2D eigenvalue weighted by Gasteiger charge is 2.15. The molecule has 1 aromatic carbocycles. The summed E-state index contributed by atoms with van der Waals surface area (Å²) in [5.74, 6) is -1.31. The Morgan fingerprint density at radius 1 is 1.21 bits per heavy atom. The number of hydrogen-bond donors (Lipinski definition) is 3. The van der Waals surface area contributed by atoms with E-state index in [0.717, 1.165) is 6.21 Å². The van der Waals surface area contributed by atoms with E-state index in [4.69, 9.17) is 0 Å². The molecule has 1 rings (SSSR count). The van der Waals surface area contributed by atoms with Crippen molar-refractivity contribution in [3.05, 3.63) is 35.6 Å². The molecule has 0 fully saturated rings. The summed E-state index contributed by atoms with van der Waals surface area (Å²) < 4.78 is 4.60. The van der Waals surface area contributed by atoms with Gasteiger partial charge in [0.15, 0.2) is 0 Å². The number of anilines is 1. The van der Waals surface area contributed by atoms with Gasteiger partial charge in [0.05, 0.1) is 17.9 Å². The summed E-state index contributed by atoms with van der Waals surface area (Å²) in [6.07, 6.45) is 0.228. The van der Waals surface area contributed by atoms with E-state index < -0.39 is 12.0 Å². The third kappa shape index (κ3) is 6.30. The van der Waals surface area contributed by atoms with Crippen molar-refractivity contribution >= 4 is 35.5 Å². The number of imide groups is 1. The molecule has 24 heavy (non-hydrogen) atoms. The van der Waals surface area contributed by atoms with Gasteiger partial charge >= 0.3 is 6.09 Å². The van der Waals surface area contributed by atoms with E-state index in [2.05, 4.69) is 15.0 Å². The molecule has 0 radical (unpaired) electrons. The maximum atomic E-state index is 11.9. The van der Waals surface area contributed by atoms with Crippen molar-refractivity contribution in [3.63, 3.8) is 0 Å². The average molecular weight is 333 g/mol. The summed E-state index contributed by atoms with van der Waals surface area (Å²) in [5.41, 5.74) is 0.927. The molecular formula is C16H19N3O5. The van der Waals surface area contributed by atoms with Crippen molar-refractivity contribution in [2.45, 2.75) is 20.8 Å². The molecular weight excluding hydrogens is 314 g/mol. The third-order valence-electron chi connectivity index (χ3n) is 2.66. The maximum absolute atomic E-state index is 11.9. The van der Waals surface area contributed by atoms with Crippen LogP contribution in [0.4, 0.5) is 16.2 Å². The highest BCUT2D eigenvalue weighted by molar-refractivity contribution is 6.16. The molecule has 3 N–H and O–H groups in total. The van der Waals surface area contributed by atoms with Gasteiger partial charge in [-0.25, -0.2) is 4.79 Å². The summed E-state index contributed by atoms with van der Waals surface area (Å²) in [6, 6.07) is 6.52. The molecule has 0 saturated carbocycles. The number of rotatable bonds is 5. The molecule has 8 heteroatoms. The zero-order valence-corrected chi connectivity index (χ0v) is 13.6. The van der Waals surface area contributed by atoms with Crippen LogP contribution in [0.15, 0.2) is 40.6 Å². The second-order valence-corrected chi connectivity index (χ2v) is 4.66. The van der Waals surface area contributed by atoms with E-state index >= 15 is 0 Å². The average Bonchev–Trinajstić information content (AvgIpc) is 2.48. The molecule has 128 valence electrons. The van der Waals surface area contributed by atoms with E-state index in [1.807, 2.05) is 5.32 Å². The first-order valence-corrected chi connectivity index (χ1v) is 7.13. The number of hydrogen-bond acceptors (Lipinski definition) is 6. The van der Waals surface area contributed by atoms with Gasteiger partial charge in [-0.2, -0.15) is 0 Å². The van der Waals surface area contributed by atoms with Crippen LogP contribution in [0.5, 0.6) is 0 Å². The standard InChI is InChI=1S/C16H19N3O5/c1-4-24-16(23)19-15(22)14(10(2)20)9-17-12-5-7-13(8-6-12)18-11(3)21/h5-9,20H,4H2,1-3H3,(H,18,21)(H,19,22,23)/b14-10+,17-9?. The zero-order chi connectivity index (χ0) is 18.1. The van der Waals surface area contributed by atoms with Gasteiger partial charge in [-0.05, 0) is 38.1 Å². The lowest BCUT2D eigenvalue weighted by atomic mass is 10.2. The van der Waals surface area contributed by atoms with Crippen LogP contribution in [-0.4, -0.2) is 35.8 Å². The van der Waals surface area contributed by atoms with Crippen LogP contribution < -0.4 is 10.6 Å². The van der Waals surface area contributed by atoms with Crippen molar-refractivity contribution in [1.29, 1.82) is 0 Å². The second-order valence-electron chi connectivity index (χ2n) is 4.66. The molecule has 0 unspecified atom stereocenters. The van der Waals surface area contributed by atoms with Crippen molar-refractivity contribution in [3.8, 4) is 0 Å². The van der Waals surface area contributed by atoms with Crippen LogP contribution in [-0.2, 0) is 14.3 Å². The number of benzene rings is 1. The molecule has 0 bridgehead atoms. The topological polar surface area (TPSA) is 117 Å². The van der Waals surface area contributed by atoms with Gasteiger partial charge in [0, 0.05) is 18.8 Å². The maximum Gasteiger partial charge on any atom is 0.414 e. The Bertz CT molecular complexity index is 673. The van der Waals surface area contributed by atoms with Gasteiger partial charge in [0.25, 0.3) is 5.91 Å². The first kappa shape index (κ1) is 18.9. The fourth-order valence-corrected chi connectivity index (χ4v) is 1.62. The molecule has 0 heterocycles. The van der Waals surface area contributed by atoms with Crippen LogP contribution in [0.1, 0.15) is 20.8 Å². The van der Waals surface area contributed by atoms with E-state index in [1.54, 1.807) is 31.2 Å². The van der Waals surface area contributed by atoms with Gasteiger partial charge in [-0.3, -0.25) is 19.9 Å². The zero-order valence-electron chi connectivity index (χ0n) is 13.6. The molecule has 0 aliphatic carbocycles. The van der Waals surface area contributed by atoms with Gasteiger partial charge in [0.2, 0.25) is 5.91 Å². The van der Waals surface area contributed by atoms with Crippen molar-refractivity contribution in [2.75, 3.05) is 11.9 Å². The molecule has 1 aromatic rings. The molecule has 0 aliphatic heterocycles. The fourth-order valence-electron chi connectivity index (χ4n) is 1.62. The fraction of sp³-hybridized carbons (Fsp3) is 0.250. The van der Waals surface area contributed by atoms with Crippen LogP contribution in [0.25, 0.3) is 0 Å². The number of alkyl carbamates (subject to hydrolysis) is 1. The number of aliphatic imine (C=N–C) groups is 1. The minimum atomic E-state index is -0.908. The summed E-state index contributed by atoms with van der Waals surface area (Å²) in [7, 11) is 0. The minimum Gasteiger partial charge on any atom is -0.512 e. The van der Waals surface area contributed by atoms with Gasteiger partial charge in [0.1, 0.15) is 5.76 Å². The Balaban J connectivity index is 2.83. The Kier molecular flexibility index (Phi) is 7.15. The number of carbonyl (C=O) groups excluding carboxylic acids is 3. The molecule has 3 amide bonds. The molecule has 0 spiro atoms. The second kappa shape index (κ2) is 9.09. The normalized spacial score (nSPS) is 11.6. The molecule has 0 atom stereocenters. The monoisotopic (exact) mass is 333 g/mol.